The first-order chi connectivity index (χ1) is 6.61. The summed E-state index contributed by atoms with van der Waals surface area (Å²) in [5, 5.41) is 8.31. The molecule has 0 spiro atoms. The molecule has 1 N–H and O–H groups in total. The molecule has 0 fully saturated rings. The number of halogens is 1. The normalized spacial score (nSPS) is 11.2. The first kappa shape index (κ1) is 11.5. The van der Waals surface area contributed by atoms with Crippen molar-refractivity contribution in [3.8, 4) is 0 Å². The minimum Gasteiger partial charge on any atom is -0.314 e. The van der Waals surface area contributed by atoms with Gasteiger partial charge in [-0.25, -0.2) is 0 Å². The summed E-state index contributed by atoms with van der Waals surface area (Å²) in [6.07, 6.45) is 2.78. The molecule has 14 heavy (non-hydrogen) atoms. The van der Waals surface area contributed by atoms with Crippen LogP contribution in [0.5, 0.6) is 0 Å². The highest BCUT2D eigenvalue weighted by Crippen LogP contribution is 2.13. The fourth-order valence-electron chi connectivity index (χ4n) is 1.27. The Hall–Kier alpha value is -0.540. The lowest BCUT2D eigenvalue weighted by Gasteiger charge is -2.08. The van der Waals surface area contributed by atoms with Gasteiger partial charge in [0.05, 0.1) is 16.9 Å². The van der Waals surface area contributed by atoms with E-state index in [2.05, 4.69) is 24.3 Å². The van der Waals surface area contributed by atoms with Gasteiger partial charge in [-0.05, 0) is 19.9 Å². The number of aryl methyl sites for hydroxylation is 1. The number of rotatable bonds is 5. The van der Waals surface area contributed by atoms with Gasteiger partial charge in [-0.3, -0.25) is 4.68 Å². The molecule has 1 aromatic rings. The van der Waals surface area contributed by atoms with Crippen molar-refractivity contribution < 1.29 is 0 Å². The lowest BCUT2D eigenvalue weighted by Crippen LogP contribution is -2.24. The molecule has 0 atom stereocenters. The van der Waals surface area contributed by atoms with Crippen LogP contribution in [0.15, 0.2) is 6.20 Å². The highest BCUT2D eigenvalue weighted by Gasteiger charge is 2.02. The molecule has 0 aliphatic rings. The molecule has 3 nitrogen and oxygen atoms in total. The monoisotopic (exact) mass is 215 g/mol. The minimum atomic E-state index is 0.553. The largest absolute Gasteiger partial charge is 0.314 e. The van der Waals surface area contributed by atoms with Crippen LogP contribution in [0.25, 0.3) is 0 Å². The van der Waals surface area contributed by atoms with Gasteiger partial charge < -0.3 is 5.32 Å². The molecule has 0 radical (unpaired) electrons. The highest BCUT2D eigenvalue weighted by molar-refractivity contribution is 6.31. The molecule has 1 heterocycles. The molecule has 1 aromatic heterocycles. The molecule has 0 aliphatic carbocycles. The molecule has 4 heteroatoms. The zero-order valence-electron chi connectivity index (χ0n) is 9.05. The summed E-state index contributed by atoms with van der Waals surface area (Å²) in [7, 11) is 0. The van der Waals surface area contributed by atoms with Crippen molar-refractivity contribution in [1.82, 2.24) is 15.1 Å². The summed E-state index contributed by atoms with van der Waals surface area (Å²) < 4.78 is 1.95. The Morgan fingerprint density at radius 2 is 2.29 bits per heavy atom. The van der Waals surface area contributed by atoms with Crippen molar-refractivity contribution in [2.45, 2.75) is 39.8 Å². The molecule has 0 aromatic carbocycles. The van der Waals surface area contributed by atoms with Crippen molar-refractivity contribution in [2.24, 2.45) is 0 Å². The molecule has 80 valence electrons. The van der Waals surface area contributed by atoms with Gasteiger partial charge in [-0.2, -0.15) is 5.10 Å². The Morgan fingerprint density at radius 3 is 2.79 bits per heavy atom. The molecule has 0 unspecified atom stereocenters. The average molecular weight is 216 g/mol. The van der Waals surface area contributed by atoms with Crippen molar-refractivity contribution >= 4 is 11.6 Å². The van der Waals surface area contributed by atoms with Crippen molar-refractivity contribution in [3.63, 3.8) is 0 Å². The Labute approximate surface area is 90.4 Å². The third-order valence-electron chi connectivity index (χ3n) is 2.14. The Bertz CT molecular complexity index is 281. The maximum atomic E-state index is 5.89. The standard InChI is InChI=1S/C10H18ClN3/c1-8(2)12-5-4-6-14-9(3)10(11)7-13-14/h7-8,12H,4-6H2,1-3H3. The number of hydrogen-bond donors (Lipinski definition) is 1. The molecular formula is C10H18ClN3. The zero-order valence-corrected chi connectivity index (χ0v) is 9.80. The van der Waals surface area contributed by atoms with E-state index < -0.39 is 0 Å². The van der Waals surface area contributed by atoms with Gasteiger partial charge in [0.1, 0.15) is 0 Å². The van der Waals surface area contributed by atoms with E-state index in [0.29, 0.717) is 6.04 Å². The molecule has 0 bridgehead atoms. The number of aromatic nitrogens is 2. The topological polar surface area (TPSA) is 29.9 Å². The van der Waals surface area contributed by atoms with Crippen LogP contribution in [-0.2, 0) is 6.54 Å². The van der Waals surface area contributed by atoms with Crippen LogP contribution in [0.2, 0.25) is 5.02 Å². The van der Waals surface area contributed by atoms with E-state index in [-0.39, 0.29) is 0 Å². The summed E-state index contributed by atoms with van der Waals surface area (Å²) in [4.78, 5) is 0. The van der Waals surface area contributed by atoms with Gasteiger partial charge >= 0.3 is 0 Å². The molecule has 0 saturated carbocycles. The first-order valence-electron chi connectivity index (χ1n) is 5.02. The summed E-state index contributed by atoms with van der Waals surface area (Å²) in [6.45, 7) is 8.24. The van der Waals surface area contributed by atoms with Crippen LogP contribution >= 0.6 is 11.6 Å². The van der Waals surface area contributed by atoms with Crippen LogP contribution in [0.1, 0.15) is 26.0 Å². The van der Waals surface area contributed by atoms with Crippen LogP contribution < -0.4 is 5.32 Å². The quantitative estimate of drug-likeness (QED) is 0.764. The van der Waals surface area contributed by atoms with Crippen molar-refractivity contribution in [3.05, 3.63) is 16.9 Å². The number of nitrogens with one attached hydrogen (secondary N) is 1. The minimum absolute atomic E-state index is 0.553. The van der Waals surface area contributed by atoms with Crippen LogP contribution in [0, 0.1) is 6.92 Å². The van der Waals surface area contributed by atoms with E-state index >= 15 is 0 Å². The van der Waals surface area contributed by atoms with E-state index in [0.717, 1.165) is 30.2 Å². The summed E-state index contributed by atoms with van der Waals surface area (Å²) in [5.41, 5.74) is 1.05. The van der Waals surface area contributed by atoms with E-state index in [1.54, 1.807) is 6.20 Å². The fraction of sp³-hybridized carbons (Fsp3) is 0.700. The van der Waals surface area contributed by atoms with Crippen molar-refractivity contribution in [2.75, 3.05) is 6.54 Å². The van der Waals surface area contributed by atoms with Crippen LogP contribution in [0.4, 0.5) is 0 Å². The van der Waals surface area contributed by atoms with Crippen LogP contribution in [-0.4, -0.2) is 22.4 Å². The second kappa shape index (κ2) is 5.37. The predicted molar refractivity (Wildman–Crippen MR) is 59.7 cm³/mol. The Balaban J connectivity index is 2.28. The maximum Gasteiger partial charge on any atom is 0.0814 e. The SMILES string of the molecule is Cc1c(Cl)cnn1CCCNC(C)C. The average Bonchev–Trinajstić information content (AvgIpc) is 2.43. The zero-order chi connectivity index (χ0) is 10.6. The smallest absolute Gasteiger partial charge is 0.0814 e. The summed E-state index contributed by atoms with van der Waals surface area (Å²) in [5.74, 6) is 0. The number of nitrogens with zero attached hydrogens (tertiary/aromatic N) is 2. The van der Waals surface area contributed by atoms with Gasteiger partial charge in [0, 0.05) is 12.6 Å². The van der Waals surface area contributed by atoms with E-state index in [1.165, 1.54) is 0 Å². The fourth-order valence-corrected chi connectivity index (χ4v) is 1.41. The molecule has 0 aliphatic heterocycles. The lowest BCUT2D eigenvalue weighted by molar-refractivity contribution is 0.508. The second-order valence-corrected chi connectivity index (χ2v) is 4.17. The lowest BCUT2D eigenvalue weighted by atomic mass is 10.3. The second-order valence-electron chi connectivity index (χ2n) is 3.76. The number of hydrogen-bond acceptors (Lipinski definition) is 2. The van der Waals surface area contributed by atoms with Gasteiger partial charge in [-0.15, -0.1) is 0 Å². The van der Waals surface area contributed by atoms with Gasteiger partial charge in [0.25, 0.3) is 0 Å². The molecule has 0 amide bonds. The van der Waals surface area contributed by atoms with Gasteiger partial charge in [-0.1, -0.05) is 25.4 Å². The summed E-state index contributed by atoms with van der Waals surface area (Å²) in [6, 6.07) is 0.553. The van der Waals surface area contributed by atoms with Crippen molar-refractivity contribution in [1.29, 1.82) is 0 Å². The molecule has 0 saturated heterocycles. The van der Waals surface area contributed by atoms with E-state index in [1.807, 2.05) is 11.6 Å². The Morgan fingerprint density at radius 1 is 1.57 bits per heavy atom. The molecule has 1 rings (SSSR count). The third-order valence-corrected chi connectivity index (χ3v) is 2.51. The molecular weight excluding hydrogens is 198 g/mol. The highest BCUT2D eigenvalue weighted by atomic mass is 35.5. The Kier molecular flexibility index (Phi) is 4.42. The summed E-state index contributed by atoms with van der Waals surface area (Å²) >= 11 is 5.89. The van der Waals surface area contributed by atoms with E-state index in [4.69, 9.17) is 11.6 Å². The van der Waals surface area contributed by atoms with Crippen LogP contribution in [0.3, 0.4) is 0 Å². The first-order valence-corrected chi connectivity index (χ1v) is 5.40. The predicted octanol–water partition coefficient (Wildman–Crippen LogP) is 2.23. The third kappa shape index (κ3) is 3.31. The van der Waals surface area contributed by atoms with Gasteiger partial charge in [0.2, 0.25) is 0 Å². The van der Waals surface area contributed by atoms with E-state index in [9.17, 15) is 0 Å². The maximum absolute atomic E-state index is 5.89. The van der Waals surface area contributed by atoms with Gasteiger partial charge in [0.15, 0.2) is 0 Å².